The molecule has 158 valence electrons. The highest BCUT2D eigenvalue weighted by Gasteiger charge is 2.31. The molecule has 1 unspecified atom stereocenters. The molecule has 30 heavy (non-hydrogen) atoms. The lowest BCUT2D eigenvalue weighted by Crippen LogP contribution is -2.50. The van der Waals surface area contributed by atoms with E-state index in [1.165, 1.54) is 11.8 Å². The van der Waals surface area contributed by atoms with Gasteiger partial charge in [-0.05, 0) is 26.0 Å². The van der Waals surface area contributed by atoms with Gasteiger partial charge in [-0.25, -0.2) is 19.1 Å². The Hall–Kier alpha value is -3.82. The van der Waals surface area contributed by atoms with Crippen LogP contribution in [0.15, 0.2) is 47.8 Å². The molecule has 10 nitrogen and oxygen atoms in total. The number of nitrogens with one attached hydrogen (secondary N) is 2. The van der Waals surface area contributed by atoms with Gasteiger partial charge in [-0.2, -0.15) is 5.10 Å². The molecular formula is C20H22N4O6. The lowest BCUT2D eigenvalue weighted by molar-refractivity contribution is -0.139. The number of hydrogen-bond donors (Lipinski definition) is 2. The molecule has 2 N–H and O–H groups in total. The van der Waals surface area contributed by atoms with Crippen LogP contribution in [0.1, 0.15) is 24.3 Å². The fourth-order valence-electron chi connectivity index (χ4n) is 2.96. The van der Waals surface area contributed by atoms with E-state index in [1.807, 2.05) is 30.3 Å². The summed E-state index contributed by atoms with van der Waals surface area (Å²) in [5.41, 5.74) is 1.04. The predicted octanol–water partition coefficient (Wildman–Crippen LogP) is 1.56. The fraction of sp³-hybridized carbons (Fsp3) is 0.300. The number of methoxy groups -OCH3 is 1. The molecule has 3 rings (SSSR count). The van der Waals surface area contributed by atoms with E-state index in [1.54, 1.807) is 20.0 Å². The highest BCUT2D eigenvalue weighted by atomic mass is 16.5. The second-order valence-corrected chi connectivity index (χ2v) is 6.34. The molecule has 0 saturated carbocycles. The van der Waals surface area contributed by atoms with Gasteiger partial charge in [0.2, 0.25) is 5.69 Å². The molecule has 0 aliphatic carbocycles. The van der Waals surface area contributed by atoms with Gasteiger partial charge in [0.25, 0.3) is 0 Å². The van der Waals surface area contributed by atoms with E-state index < -0.39 is 24.0 Å². The summed E-state index contributed by atoms with van der Waals surface area (Å²) in [5.74, 6) is -1.14. The van der Waals surface area contributed by atoms with Crippen LogP contribution in [0.5, 0.6) is 5.75 Å². The van der Waals surface area contributed by atoms with Gasteiger partial charge in [0.1, 0.15) is 6.61 Å². The number of urea groups is 1. The maximum absolute atomic E-state index is 12.6. The van der Waals surface area contributed by atoms with Crippen LogP contribution in [-0.2, 0) is 14.3 Å². The molecule has 0 saturated heterocycles. The summed E-state index contributed by atoms with van der Waals surface area (Å²) >= 11 is 0. The van der Waals surface area contributed by atoms with Gasteiger partial charge < -0.3 is 24.8 Å². The summed E-state index contributed by atoms with van der Waals surface area (Å²) in [6.45, 7) is 3.14. The summed E-state index contributed by atoms with van der Waals surface area (Å²) in [6, 6.07) is 8.08. The number of ether oxygens (including phenoxy) is 3. The summed E-state index contributed by atoms with van der Waals surface area (Å²) in [5, 5.41) is 9.31. The zero-order chi connectivity index (χ0) is 21.7. The summed E-state index contributed by atoms with van der Waals surface area (Å²) < 4.78 is 17.1. The molecule has 1 aliphatic heterocycles. The molecule has 0 spiro atoms. The lowest BCUT2D eigenvalue weighted by Gasteiger charge is -2.26. The van der Waals surface area contributed by atoms with Crippen molar-refractivity contribution in [2.45, 2.75) is 19.9 Å². The van der Waals surface area contributed by atoms with Crippen molar-refractivity contribution in [2.75, 3.05) is 20.3 Å². The Morgan fingerprint density at radius 3 is 2.57 bits per heavy atom. The number of para-hydroxylation sites is 1. The van der Waals surface area contributed by atoms with Gasteiger partial charge >= 0.3 is 18.0 Å². The van der Waals surface area contributed by atoms with Crippen molar-refractivity contribution in [3.8, 4) is 11.4 Å². The standard InChI is InChI=1S/C20H22N4O6/c1-4-29-18(25)16-12(2)21-20(27)22-14(16)11-30-19(26)17-15(28-3)10-24(23-17)13-8-6-5-7-9-13/h5-10,12H,4,11H2,1-3H3,(H2,21,22,27). The SMILES string of the molecule is CCOC(=O)C1=C(COC(=O)c2nn(-c3ccccc3)cc2OC)NC(=O)NC1C. The van der Waals surface area contributed by atoms with Gasteiger partial charge in [0.15, 0.2) is 5.75 Å². The molecule has 0 fully saturated rings. The number of carbonyl (C=O) groups is 3. The first-order valence-electron chi connectivity index (χ1n) is 9.28. The molecule has 0 radical (unpaired) electrons. The number of amides is 2. The fourth-order valence-corrected chi connectivity index (χ4v) is 2.96. The topological polar surface area (TPSA) is 121 Å². The molecule has 2 aromatic rings. The number of hydrogen-bond acceptors (Lipinski definition) is 7. The first-order valence-corrected chi connectivity index (χ1v) is 9.28. The van der Waals surface area contributed by atoms with E-state index in [0.29, 0.717) is 0 Å². The second-order valence-electron chi connectivity index (χ2n) is 6.34. The lowest BCUT2D eigenvalue weighted by atomic mass is 10.0. The van der Waals surface area contributed by atoms with Crippen LogP contribution < -0.4 is 15.4 Å². The van der Waals surface area contributed by atoms with Crippen molar-refractivity contribution in [1.82, 2.24) is 20.4 Å². The Morgan fingerprint density at radius 1 is 1.17 bits per heavy atom. The molecule has 0 bridgehead atoms. The minimum Gasteiger partial charge on any atom is -0.493 e. The van der Waals surface area contributed by atoms with Crippen LogP contribution >= 0.6 is 0 Å². The van der Waals surface area contributed by atoms with Gasteiger partial charge in [0, 0.05) is 0 Å². The molecule has 1 aromatic heterocycles. The van der Waals surface area contributed by atoms with Crippen molar-refractivity contribution in [3.63, 3.8) is 0 Å². The molecule has 1 aliphatic rings. The molecule has 1 aromatic carbocycles. The average Bonchev–Trinajstić information content (AvgIpc) is 3.17. The van der Waals surface area contributed by atoms with Crippen LogP contribution in [0.3, 0.4) is 0 Å². The van der Waals surface area contributed by atoms with Crippen molar-refractivity contribution in [1.29, 1.82) is 0 Å². The number of nitrogens with zero attached hydrogens (tertiary/aromatic N) is 2. The van der Waals surface area contributed by atoms with Crippen molar-refractivity contribution >= 4 is 18.0 Å². The Labute approximate surface area is 172 Å². The number of benzene rings is 1. The first-order chi connectivity index (χ1) is 14.4. The first kappa shape index (κ1) is 20.9. The highest BCUT2D eigenvalue weighted by Crippen LogP contribution is 2.21. The number of rotatable bonds is 7. The van der Waals surface area contributed by atoms with E-state index in [-0.39, 0.29) is 35.9 Å². The Bertz CT molecular complexity index is 982. The number of carbonyl (C=O) groups excluding carboxylic acids is 3. The van der Waals surface area contributed by atoms with Crippen LogP contribution in [0.25, 0.3) is 5.69 Å². The zero-order valence-electron chi connectivity index (χ0n) is 16.8. The minimum absolute atomic E-state index is 0.0343. The number of esters is 2. The van der Waals surface area contributed by atoms with Crippen molar-refractivity contribution < 1.29 is 28.6 Å². The Morgan fingerprint density at radius 2 is 1.90 bits per heavy atom. The molecule has 2 amide bonds. The molecule has 10 heteroatoms. The molecular weight excluding hydrogens is 392 g/mol. The van der Waals surface area contributed by atoms with Crippen molar-refractivity contribution in [2.24, 2.45) is 0 Å². The third-order valence-electron chi connectivity index (χ3n) is 4.33. The van der Waals surface area contributed by atoms with Gasteiger partial charge in [0.05, 0.1) is 42.9 Å². The van der Waals surface area contributed by atoms with Crippen LogP contribution in [0.4, 0.5) is 4.79 Å². The average molecular weight is 414 g/mol. The smallest absolute Gasteiger partial charge is 0.363 e. The largest absolute Gasteiger partial charge is 0.493 e. The van der Waals surface area contributed by atoms with Crippen LogP contribution in [0, 0.1) is 0 Å². The quantitative estimate of drug-likeness (QED) is 0.660. The van der Waals surface area contributed by atoms with E-state index >= 15 is 0 Å². The minimum atomic E-state index is -0.766. The Balaban J connectivity index is 1.81. The van der Waals surface area contributed by atoms with Crippen molar-refractivity contribution in [3.05, 3.63) is 53.5 Å². The summed E-state index contributed by atoms with van der Waals surface area (Å²) in [4.78, 5) is 36.7. The second kappa shape index (κ2) is 9.12. The van der Waals surface area contributed by atoms with E-state index in [2.05, 4.69) is 15.7 Å². The van der Waals surface area contributed by atoms with E-state index in [4.69, 9.17) is 14.2 Å². The molecule has 2 heterocycles. The monoisotopic (exact) mass is 414 g/mol. The highest BCUT2D eigenvalue weighted by molar-refractivity contribution is 5.95. The normalized spacial score (nSPS) is 15.8. The third kappa shape index (κ3) is 4.43. The summed E-state index contributed by atoms with van der Waals surface area (Å²) in [7, 11) is 1.42. The van der Waals surface area contributed by atoms with Crippen LogP contribution in [-0.4, -0.2) is 54.1 Å². The molecule has 1 atom stereocenters. The number of aromatic nitrogens is 2. The maximum atomic E-state index is 12.6. The third-order valence-corrected chi connectivity index (χ3v) is 4.33. The van der Waals surface area contributed by atoms with E-state index in [0.717, 1.165) is 5.69 Å². The van der Waals surface area contributed by atoms with Gasteiger partial charge in [-0.3, -0.25) is 0 Å². The van der Waals surface area contributed by atoms with Gasteiger partial charge in [-0.15, -0.1) is 0 Å². The summed E-state index contributed by atoms with van der Waals surface area (Å²) in [6.07, 6.45) is 1.56. The predicted molar refractivity (Wildman–Crippen MR) is 105 cm³/mol. The Kier molecular flexibility index (Phi) is 6.35. The van der Waals surface area contributed by atoms with Gasteiger partial charge in [-0.1, -0.05) is 18.2 Å². The van der Waals surface area contributed by atoms with E-state index in [9.17, 15) is 14.4 Å². The maximum Gasteiger partial charge on any atom is 0.363 e. The van der Waals surface area contributed by atoms with Crippen LogP contribution in [0.2, 0.25) is 0 Å². The zero-order valence-corrected chi connectivity index (χ0v) is 16.8.